The Bertz CT molecular complexity index is 775. The third kappa shape index (κ3) is 1.91. The molecule has 1 N–H and O–H groups in total. The summed E-state index contributed by atoms with van der Waals surface area (Å²) >= 11 is 0. The van der Waals surface area contributed by atoms with Crippen molar-refractivity contribution in [1.29, 1.82) is 0 Å². The fourth-order valence-electron chi connectivity index (χ4n) is 2.08. The van der Waals surface area contributed by atoms with E-state index in [1.165, 1.54) is 5.39 Å². The molecule has 0 saturated carbocycles. The number of nitrogens with one attached hydrogen (secondary N) is 1. The highest BCUT2D eigenvalue weighted by Crippen LogP contribution is 2.22. The maximum absolute atomic E-state index is 11.4. The Hall–Kier alpha value is -2.42. The SMILES string of the molecule is Cc1cc(-c2ccc3ccccc3c2)nc(=O)[nH]1. The summed E-state index contributed by atoms with van der Waals surface area (Å²) in [7, 11) is 0. The van der Waals surface area contributed by atoms with Crippen molar-refractivity contribution in [3.63, 3.8) is 0 Å². The van der Waals surface area contributed by atoms with Crippen LogP contribution in [0.4, 0.5) is 0 Å². The Balaban J connectivity index is 2.22. The molecule has 3 nitrogen and oxygen atoms in total. The van der Waals surface area contributed by atoms with Gasteiger partial charge < -0.3 is 4.98 Å². The van der Waals surface area contributed by atoms with Crippen molar-refractivity contribution in [1.82, 2.24) is 9.97 Å². The summed E-state index contributed by atoms with van der Waals surface area (Å²) in [6.45, 7) is 1.85. The number of hydrogen-bond acceptors (Lipinski definition) is 2. The van der Waals surface area contributed by atoms with Crippen molar-refractivity contribution in [2.24, 2.45) is 0 Å². The summed E-state index contributed by atoms with van der Waals surface area (Å²) in [4.78, 5) is 18.0. The number of fused-ring (bicyclic) bond motifs is 1. The zero-order valence-electron chi connectivity index (χ0n) is 9.97. The molecule has 0 amide bonds. The fraction of sp³-hybridized carbons (Fsp3) is 0.0667. The summed E-state index contributed by atoms with van der Waals surface area (Å²) in [5, 5.41) is 2.33. The Kier molecular flexibility index (Phi) is 2.45. The fourth-order valence-corrected chi connectivity index (χ4v) is 2.08. The molecule has 1 aromatic heterocycles. The van der Waals surface area contributed by atoms with Crippen LogP contribution in [0.1, 0.15) is 5.69 Å². The molecule has 0 aliphatic heterocycles. The molecule has 18 heavy (non-hydrogen) atoms. The smallest absolute Gasteiger partial charge is 0.310 e. The molecule has 0 unspecified atom stereocenters. The molecular formula is C15H12N2O. The molecule has 0 aliphatic rings. The highest BCUT2D eigenvalue weighted by Gasteiger charge is 2.02. The average Bonchev–Trinajstić information content (AvgIpc) is 2.37. The molecule has 0 bridgehead atoms. The maximum Gasteiger partial charge on any atom is 0.345 e. The van der Waals surface area contributed by atoms with E-state index in [4.69, 9.17) is 0 Å². The predicted molar refractivity (Wildman–Crippen MR) is 72.5 cm³/mol. The van der Waals surface area contributed by atoms with Crippen LogP contribution in [0.3, 0.4) is 0 Å². The summed E-state index contributed by atoms with van der Waals surface area (Å²) in [5.41, 5.74) is 2.18. The van der Waals surface area contributed by atoms with Crippen LogP contribution in [0.2, 0.25) is 0 Å². The van der Waals surface area contributed by atoms with E-state index in [2.05, 4.69) is 28.2 Å². The molecule has 0 saturated heterocycles. The average molecular weight is 236 g/mol. The van der Waals surface area contributed by atoms with E-state index in [-0.39, 0.29) is 5.69 Å². The molecule has 1 heterocycles. The van der Waals surface area contributed by atoms with Gasteiger partial charge in [-0.05, 0) is 29.8 Å². The van der Waals surface area contributed by atoms with Crippen LogP contribution in [-0.2, 0) is 0 Å². The first kappa shape index (κ1) is 10.7. The van der Waals surface area contributed by atoms with Crippen LogP contribution < -0.4 is 5.69 Å². The second-order valence-corrected chi connectivity index (χ2v) is 4.32. The zero-order valence-corrected chi connectivity index (χ0v) is 9.97. The number of nitrogens with zero attached hydrogens (tertiary/aromatic N) is 1. The normalized spacial score (nSPS) is 10.7. The Morgan fingerprint density at radius 3 is 2.56 bits per heavy atom. The standard InChI is InChI=1S/C15H12N2O/c1-10-8-14(17-15(18)16-10)13-7-6-11-4-2-3-5-12(11)9-13/h2-9H,1H3,(H,16,17,18). The van der Waals surface area contributed by atoms with Gasteiger partial charge in [0.1, 0.15) is 0 Å². The molecule has 0 atom stereocenters. The van der Waals surface area contributed by atoms with Gasteiger partial charge >= 0.3 is 5.69 Å². The van der Waals surface area contributed by atoms with Gasteiger partial charge in [0.15, 0.2) is 0 Å². The first-order valence-corrected chi connectivity index (χ1v) is 5.79. The lowest BCUT2D eigenvalue weighted by atomic mass is 10.0. The first-order valence-electron chi connectivity index (χ1n) is 5.79. The van der Waals surface area contributed by atoms with E-state index in [0.29, 0.717) is 5.69 Å². The summed E-state index contributed by atoms with van der Waals surface area (Å²) in [6, 6.07) is 16.1. The van der Waals surface area contributed by atoms with Crippen molar-refractivity contribution in [3.05, 3.63) is 64.7 Å². The minimum atomic E-state index is -0.307. The Labute approximate surface area is 104 Å². The second kappa shape index (κ2) is 4.11. The van der Waals surface area contributed by atoms with Gasteiger partial charge in [-0.25, -0.2) is 4.79 Å². The molecule has 3 heteroatoms. The zero-order chi connectivity index (χ0) is 12.5. The van der Waals surface area contributed by atoms with E-state index in [1.54, 1.807) is 0 Å². The van der Waals surface area contributed by atoms with Crippen LogP contribution in [0.5, 0.6) is 0 Å². The second-order valence-electron chi connectivity index (χ2n) is 4.32. The van der Waals surface area contributed by atoms with Crippen LogP contribution in [0, 0.1) is 6.92 Å². The van der Waals surface area contributed by atoms with Crippen molar-refractivity contribution >= 4 is 10.8 Å². The number of aromatic amines is 1. The van der Waals surface area contributed by atoms with Gasteiger partial charge in [0.25, 0.3) is 0 Å². The maximum atomic E-state index is 11.4. The molecule has 2 aromatic carbocycles. The molecule has 0 radical (unpaired) electrons. The molecule has 88 valence electrons. The van der Waals surface area contributed by atoms with Gasteiger partial charge in [-0.1, -0.05) is 36.4 Å². The Morgan fingerprint density at radius 2 is 1.78 bits per heavy atom. The highest BCUT2D eigenvalue weighted by molar-refractivity contribution is 5.86. The van der Waals surface area contributed by atoms with Gasteiger partial charge in [-0.3, -0.25) is 0 Å². The quantitative estimate of drug-likeness (QED) is 0.706. The van der Waals surface area contributed by atoms with Gasteiger partial charge in [-0.2, -0.15) is 4.98 Å². The van der Waals surface area contributed by atoms with Gasteiger partial charge in [0.2, 0.25) is 0 Å². The molecule has 0 fully saturated rings. The van der Waals surface area contributed by atoms with Crippen molar-refractivity contribution in [2.45, 2.75) is 6.92 Å². The first-order chi connectivity index (χ1) is 8.72. The van der Waals surface area contributed by atoms with Crippen molar-refractivity contribution in [3.8, 4) is 11.3 Å². The van der Waals surface area contributed by atoms with Crippen molar-refractivity contribution < 1.29 is 0 Å². The number of aromatic nitrogens is 2. The number of rotatable bonds is 1. The number of hydrogen-bond donors (Lipinski definition) is 1. The van der Waals surface area contributed by atoms with E-state index < -0.39 is 0 Å². The Morgan fingerprint density at radius 1 is 1.00 bits per heavy atom. The van der Waals surface area contributed by atoms with E-state index >= 15 is 0 Å². The molecule has 0 aliphatic carbocycles. The number of benzene rings is 2. The topological polar surface area (TPSA) is 45.8 Å². The monoisotopic (exact) mass is 236 g/mol. The number of aryl methyl sites for hydroxylation is 1. The van der Waals surface area contributed by atoms with E-state index in [1.807, 2.05) is 37.3 Å². The lowest BCUT2D eigenvalue weighted by Crippen LogP contribution is -2.11. The summed E-state index contributed by atoms with van der Waals surface area (Å²) in [6.07, 6.45) is 0. The number of H-pyrrole nitrogens is 1. The lowest BCUT2D eigenvalue weighted by molar-refractivity contribution is 1.03. The predicted octanol–water partition coefficient (Wildman–Crippen LogP) is 2.90. The largest absolute Gasteiger partial charge is 0.345 e. The van der Waals surface area contributed by atoms with Crippen LogP contribution in [0.15, 0.2) is 53.3 Å². The van der Waals surface area contributed by atoms with Crippen LogP contribution >= 0.6 is 0 Å². The minimum absolute atomic E-state index is 0.307. The lowest BCUT2D eigenvalue weighted by Gasteiger charge is -2.03. The molecule has 3 aromatic rings. The van der Waals surface area contributed by atoms with Crippen LogP contribution in [0.25, 0.3) is 22.0 Å². The third-order valence-electron chi connectivity index (χ3n) is 2.92. The summed E-state index contributed by atoms with van der Waals surface area (Å²) in [5.74, 6) is 0. The van der Waals surface area contributed by atoms with Crippen LogP contribution in [-0.4, -0.2) is 9.97 Å². The van der Waals surface area contributed by atoms with E-state index in [9.17, 15) is 4.79 Å². The van der Waals surface area contributed by atoms with Crippen molar-refractivity contribution in [2.75, 3.05) is 0 Å². The molecule has 0 spiro atoms. The highest BCUT2D eigenvalue weighted by atomic mass is 16.1. The molecule has 3 rings (SSSR count). The van der Waals surface area contributed by atoms with Gasteiger partial charge in [0.05, 0.1) is 5.69 Å². The minimum Gasteiger partial charge on any atom is -0.310 e. The van der Waals surface area contributed by atoms with E-state index in [0.717, 1.165) is 16.6 Å². The van der Waals surface area contributed by atoms with Gasteiger partial charge in [-0.15, -0.1) is 0 Å². The van der Waals surface area contributed by atoms with Gasteiger partial charge in [0, 0.05) is 11.3 Å². The summed E-state index contributed by atoms with van der Waals surface area (Å²) < 4.78 is 0. The molecular weight excluding hydrogens is 224 g/mol. The third-order valence-corrected chi connectivity index (χ3v) is 2.92.